The van der Waals surface area contributed by atoms with Crippen LogP contribution in [-0.4, -0.2) is 15.3 Å². The summed E-state index contributed by atoms with van der Waals surface area (Å²) in [5.74, 6) is 0.805. The van der Waals surface area contributed by atoms with Crippen molar-refractivity contribution in [2.24, 2.45) is 5.10 Å². The van der Waals surface area contributed by atoms with Crippen molar-refractivity contribution in [3.63, 3.8) is 0 Å². The van der Waals surface area contributed by atoms with Gasteiger partial charge in [0.2, 0.25) is 5.95 Å². The first-order chi connectivity index (χ1) is 11.4. The van der Waals surface area contributed by atoms with E-state index in [9.17, 15) is 0 Å². The van der Waals surface area contributed by atoms with E-state index in [2.05, 4.69) is 58.4 Å². The molecule has 4 heteroatoms. The predicted molar refractivity (Wildman–Crippen MR) is 94.4 cm³/mol. The van der Waals surface area contributed by atoms with Gasteiger partial charge in [-0.1, -0.05) is 67.6 Å². The SMILES string of the molecule is CCC1=NNc2nc(-c3ccccc3)c(-c3ccccc3)n2C1. The number of anilines is 1. The third kappa shape index (κ3) is 2.42. The zero-order valence-corrected chi connectivity index (χ0v) is 13.0. The van der Waals surface area contributed by atoms with Gasteiger partial charge in [-0.2, -0.15) is 5.10 Å². The fraction of sp³-hybridized carbons (Fsp3) is 0.158. The van der Waals surface area contributed by atoms with Crippen molar-refractivity contribution in [2.45, 2.75) is 19.9 Å². The number of fused-ring (bicyclic) bond motifs is 1. The number of imidazole rings is 1. The Morgan fingerprint density at radius 2 is 1.61 bits per heavy atom. The van der Waals surface area contributed by atoms with Gasteiger partial charge in [-0.15, -0.1) is 0 Å². The third-order valence-corrected chi connectivity index (χ3v) is 4.12. The normalized spacial score (nSPS) is 13.2. The number of nitrogens with zero attached hydrogens (tertiary/aromatic N) is 3. The fourth-order valence-corrected chi connectivity index (χ4v) is 2.92. The number of nitrogens with one attached hydrogen (secondary N) is 1. The second-order valence-electron chi connectivity index (χ2n) is 5.59. The second-order valence-corrected chi connectivity index (χ2v) is 5.59. The number of aromatic nitrogens is 2. The van der Waals surface area contributed by atoms with E-state index in [1.54, 1.807) is 0 Å². The van der Waals surface area contributed by atoms with Gasteiger partial charge in [-0.05, 0) is 6.42 Å². The molecule has 0 saturated heterocycles. The fourth-order valence-electron chi connectivity index (χ4n) is 2.92. The van der Waals surface area contributed by atoms with Crippen LogP contribution >= 0.6 is 0 Å². The molecule has 0 amide bonds. The Bertz CT molecular complexity index is 848. The van der Waals surface area contributed by atoms with Gasteiger partial charge >= 0.3 is 0 Å². The monoisotopic (exact) mass is 302 g/mol. The topological polar surface area (TPSA) is 42.2 Å². The van der Waals surface area contributed by atoms with Crippen LogP contribution in [0.3, 0.4) is 0 Å². The van der Waals surface area contributed by atoms with Gasteiger partial charge in [0.1, 0.15) is 0 Å². The zero-order chi connectivity index (χ0) is 15.6. The molecule has 1 aliphatic heterocycles. The predicted octanol–water partition coefficient (Wildman–Crippen LogP) is 4.41. The van der Waals surface area contributed by atoms with Gasteiger partial charge in [0.15, 0.2) is 0 Å². The molecule has 1 N–H and O–H groups in total. The minimum atomic E-state index is 0.781. The number of hydrogen-bond donors (Lipinski definition) is 1. The molecule has 0 fully saturated rings. The Kier molecular flexibility index (Phi) is 3.42. The van der Waals surface area contributed by atoms with E-state index in [4.69, 9.17) is 4.98 Å². The van der Waals surface area contributed by atoms with Crippen molar-refractivity contribution in [3.8, 4) is 22.5 Å². The number of benzene rings is 2. The quantitative estimate of drug-likeness (QED) is 0.778. The van der Waals surface area contributed by atoms with E-state index in [0.717, 1.165) is 41.6 Å². The molecular weight excluding hydrogens is 284 g/mol. The molecule has 0 aliphatic carbocycles. The summed E-state index contributed by atoms with van der Waals surface area (Å²) in [6.07, 6.45) is 0.930. The highest BCUT2D eigenvalue weighted by Crippen LogP contribution is 2.35. The highest BCUT2D eigenvalue weighted by atomic mass is 15.4. The van der Waals surface area contributed by atoms with E-state index < -0.39 is 0 Å². The minimum absolute atomic E-state index is 0.781. The van der Waals surface area contributed by atoms with Crippen LogP contribution in [0.1, 0.15) is 13.3 Å². The Balaban J connectivity index is 1.93. The smallest absolute Gasteiger partial charge is 0.225 e. The summed E-state index contributed by atoms with van der Waals surface area (Å²) in [7, 11) is 0. The summed E-state index contributed by atoms with van der Waals surface area (Å²) < 4.78 is 2.23. The summed E-state index contributed by atoms with van der Waals surface area (Å²) >= 11 is 0. The van der Waals surface area contributed by atoms with Crippen LogP contribution in [0, 0.1) is 0 Å². The largest absolute Gasteiger partial charge is 0.302 e. The van der Waals surface area contributed by atoms with Crippen molar-refractivity contribution in [2.75, 3.05) is 5.43 Å². The molecule has 1 aliphatic rings. The molecule has 0 bridgehead atoms. The Labute approximate surface area is 135 Å². The molecule has 1 aromatic heterocycles. The van der Waals surface area contributed by atoms with Gasteiger partial charge < -0.3 is 4.57 Å². The summed E-state index contributed by atoms with van der Waals surface area (Å²) in [6, 6.07) is 20.7. The minimum Gasteiger partial charge on any atom is -0.302 e. The maximum absolute atomic E-state index is 4.81. The molecular formula is C19H18N4. The molecule has 0 radical (unpaired) electrons. The van der Waals surface area contributed by atoms with Crippen LogP contribution in [0.15, 0.2) is 65.8 Å². The average Bonchev–Trinajstić information content (AvgIpc) is 3.01. The number of hydrogen-bond acceptors (Lipinski definition) is 3. The lowest BCUT2D eigenvalue weighted by Gasteiger charge is -2.17. The Hall–Kier alpha value is -2.88. The lowest BCUT2D eigenvalue weighted by Crippen LogP contribution is -2.19. The Morgan fingerprint density at radius 3 is 2.26 bits per heavy atom. The first kappa shape index (κ1) is 13.8. The zero-order valence-electron chi connectivity index (χ0n) is 13.0. The van der Waals surface area contributed by atoms with Crippen molar-refractivity contribution in [1.29, 1.82) is 0 Å². The standard InChI is InChI=1S/C19H18N4/c1-2-16-13-23-18(15-11-7-4-8-12-15)17(20-19(23)22-21-16)14-9-5-3-6-10-14/h3-12H,2,13H2,1H3,(H,20,22). The molecule has 0 spiro atoms. The molecule has 4 nitrogen and oxygen atoms in total. The van der Waals surface area contributed by atoms with Crippen LogP contribution in [0.5, 0.6) is 0 Å². The molecule has 0 unspecified atom stereocenters. The molecule has 0 atom stereocenters. The highest BCUT2D eigenvalue weighted by molar-refractivity contribution is 5.89. The summed E-state index contributed by atoms with van der Waals surface area (Å²) in [6.45, 7) is 2.91. The van der Waals surface area contributed by atoms with Crippen LogP contribution in [0.2, 0.25) is 0 Å². The molecule has 0 saturated carbocycles. The Morgan fingerprint density at radius 1 is 0.957 bits per heavy atom. The molecule has 2 heterocycles. The molecule has 3 aromatic rings. The molecule has 114 valence electrons. The first-order valence-corrected chi connectivity index (χ1v) is 7.89. The van der Waals surface area contributed by atoms with Crippen LogP contribution in [-0.2, 0) is 6.54 Å². The maximum Gasteiger partial charge on any atom is 0.225 e. The van der Waals surface area contributed by atoms with Gasteiger partial charge in [0, 0.05) is 11.1 Å². The highest BCUT2D eigenvalue weighted by Gasteiger charge is 2.22. The first-order valence-electron chi connectivity index (χ1n) is 7.89. The maximum atomic E-state index is 4.81. The van der Waals surface area contributed by atoms with Crippen LogP contribution in [0.4, 0.5) is 5.95 Å². The van der Waals surface area contributed by atoms with Crippen molar-refractivity contribution < 1.29 is 0 Å². The number of hydrazone groups is 1. The van der Waals surface area contributed by atoms with Gasteiger partial charge in [-0.25, -0.2) is 10.4 Å². The molecule has 23 heavy (non-hydrogen) atoms. The van der Waals surface area contributed by atoms with Crippen molar-refractivity contribution in [1.82, 2.24) is 9.55 Å². The lowest BCUT2D eigenvalue weighted by atomic mass is 10.0. The molecule has 2 aromatic carbocycles. The van der Waals surface area contributed by atoms with Crippen molar-refractivity contribution in [3.05, 3.63) is 60.7 Å². The summed E-state index contributed by atoms with van der Waals surface area (Å²) in [5, 5.41) is 4.41. The van der Waals surface area contributed by atoms with E-state index in [1.165, 1.54) is 5.56 Å². The van der Waals surface area contributed by atoms with Gasteiger partial charge in [0.25, 0.3) is 0 Å². The van der Waals surface area contributed by atoms with E-state index in [-0.39, 0.29) is 0 Å². The van der Waals surface area contributed by atoms with Gasteiger partial charge in [0.05, 0.1) is 23.6 Å². The average molecular weight is 302 g/mol. The van der Waals surface area contributed by atoms with E-state index >= 15 is 0 Å². The van der Waals surface area contributed by atoms with Crippen LogP contribution in [0.25, 0.3) is 22.5 Å². The number of rotatable bonds is 3. The second kappa shape index (κ2) is 5.72. The summed E-state index contributed by atoms with van der Waals surface area (Å²) in [4.78, 5) is 4.81. The third-order valence-electron chi connectivity index (χ3n) is 4.12. The van der Waals surface area contributed by atoms with E-state index in [0.29, 0.717) is 0 Å². The van der Waals surface area contributed by atoms with Crippen molar-refractivity contribution >= 4 is 11.7 Å². The van der Waals surface area contributed by atoms with E-state index in [1.807, 2.05) is 24.3 Å². The summed E-state index contributed by atoms with van der Waals surface area (Å²) in [5.41, 5.74) is 8.66. The lowest BCUT2D eigenvalue weighted by molar-refractivity contribution is 0.817. The molecule has 4 rings (SSSR count). The van der Waals surface area contributed by atoms with Crippen LogP contribution < -0.4 is 5.43 Å². The van der Waals surface area contributed by atoms with Gasteiger partial charge in [-0.3, -0.25) is 0 Å².